The van der Waals surface area contributed by atoms with E-state index in [1.807, 2.05) is 17.4 Å². The first-order valence-electron chi connectivity index (χ1n) is 13.7. The van der Waals surface area contributed by atoms with Crippen LogP contribution in [-0.2, 0) is 16.9 Å². The third-order valence-electron chi connectivity index (χ3n) is 7.68. The molecule has 5 nitrogen and oxygen atoms in total. The molecule has 0 aliphatic carbocycles. The van der Waals surface area contributed by atoms with E-state index in [4.69, 9.17) is 5.26 Å². The number of rotatable bonds is 3. The van der Waals surface area contributed by atoms with Crippen LogP contribution < -0.4 is 0 Å². The second-order valence-electron chi connectivity index (χ2n) is 10.2. The first-order valence-corrected chi connectivity index (χ1v) is 16.0. The average molecular weight is 596 g/mol. The van der Waals surface area contributed by atoms with Crippen LogP contribution in [0.1, 0.15) is 5.56 Å². The van der Waals surface area contributed by atoms with Crippen molar-refractivity contribution in [1.29, 1.82) is 5.26 Å². The lowest BCUT2D eigenvalue weighted by molar-refractivity contribution is 0.596. The highest BCUT2D eigenvalue weighted by Crippen LogP contribution is 2.45. The maximum atomic E-state index is 12.2. The second-order valence-corrected chi connectivity index (χ2v) is 13.1. The van der Waals surface area contributed by atoms with Crippen molar-refractivity contribution in [3.63, 3.8) is 0 Å². The Morgan fingerprint density at radius 2 is 1.21 bits per heavy atom. The summed E-state index contributed by atoms with van der Waals surface area (Å²) in [5.74, 6) is 0. The lowest BCUT2D eigenvalue weighted by Crippen LogP contribution is -2.01. The summed E-state index contributed by atoms with van der Waals surface area (Å²) in [6, 6.07) is 44.2. The molecule has 8 aromatic rings. The van der Waals surface area contributed by atoms with Crippen LogP contribution in [0.25, 0.3) is 47.9 Å². The molecule has 43 heavy (non-hydrogen) atoms. The third-order valence-corrected chi connectivity index (χ3v) is 10.8. The first kappa shape index (κ1) is 26.7. The standard InChI is InChI=1S/C23H16N2S.C13H9NO2S/c1-24-18-13-7-5-11-16(18)20-21-22(26-23(20)24)17-12-6-8-14-19(17)25(21)15-9-3-2-4-10-15;14-10-11-6-8-13(9-7-11)17(15,16)12-4-2-1-3-5-12/h2-14H,1H3;1-9H. The van der Waals surface area contributed by atoms with Crippen molar-refractivity contribution >= 4 is 63.4 Å². The van der Waals surface area contributed by atoms with Gasteiger partial charge in [-0.15, -0.1) is 11.3 Å². The summed E-state index contributed by atoms with van der Waals surface area (Å²) < 4.78 is 30.4. The van der Waals surface area contributed by atoms with Crippen LogP contribution in [0.5, 0.6) is 0 Å². The van der Waals surface area contributed by atoms with Crippen molar-refractivity contribution in [3.8, 4) is 11.8 Å². The molecule has 0 atom stereocenters. The van der Waals surface area contributed by atoms with Gasteiger partial charge in [-0.25, -0.2) is 8.42 Å². The summed E-state index contributed by atoms with van der Waals surface area (Å²) in [6.07, 6.45) is 0. The molecule has 0 N–H and O–H groups in total. The minimum atomic E-state index is -3.47. The van der Waals surface area contributed by atoms with Gasteiger partial charge in [-0.2, -0.15) is 5.26 Å². The Labute approximate surface area is 253 Å². The van der Waals surface area contributed by atoms with E-state index in [1.54, 1.807) is 30.3 Å². The molecular formula is C36H25N3O2S2. The zero-order valence-corrected chi connectivity index (χ0v) is 24.8. The predicted octanol–water partition coefficient (Wildman–Crippen LogP) is 8.88. The second kappa shape index (κ2) is 10.6. The smallest absolute Gasteiger partial charge is 0.206 e. The molecule has 0 radical (unpaired) electrons. The first-order chi connectivity index (χ1) is 21.0. The fraction of sp³-hybridized carbons (Fsp3) is 0.0278. The Balaban J connectivity index is 0.000000154. The van der Waals surface area contributed by atoms with Gasteiger partial charge in [0.25, 0.3) is 0 Å². The van der Waals surface area contributed by atoms with Crippen LogP contribution in [0, 0.1) is 11.3 Å². The van der Waals surface area contributed by atoms with Gasteiger partial charge in [0, 0.05) is 34.4 Å². The molecule has 0 aliphatic heterocycles. The van der Waals surface area contributed by atoms with Crippen molar-refractivity contribution in [2.24, 2.45) is 7.05 Å². The highest BCUT2D eigenvalue weighted by Gasteiger charge is 2.21. The monoisotopic (exact) mass is 595 g/mol. The lowest BCUT2D eigenvalue weighted by Gasteiger charge is -2.07. The van der Waals surface area contributed by atoms with Gasteiger partial charge in [-0.05, 0) is 60.7 Å². The van der Waals surface area contributed by atoms with E-state index in [-0.39, 0.29) is 9.79 Å². The van der Waals surface area contributed by atoms with Crippen LogP contribution >= 0.6 is 11.3 Å². The van der Waals surface area contributed by atoms with Gasteiger partial charge in [0.05, 0.1) is 37.2 Å². The minimum absolute atomic E-state index is 0.197. The van der Waals surface area contributed by atoms with Gasteiger partial charge in [0.2, 0.25) is 9.84 Å². The fourth-order valence-electron chi connectivity index (χ4n) is 5.64. The maximum absolute atomic E-state index is 12.2. The fourth-order valence-corrected chi connectivity index (χ4v) is 8.24. The number of aryl methyl sites for hydroxylation is 1. The van der Waals surface area contributed by atoms with E-state index in [1.165, 1.54) is 72.2 Å². The number of hydrogen-bond acceptors (Lipinski definition) is 4. The predicted molar refractivity (Wildman–Crippen MR) is 176 cm³/mol. The van der Waals surface area contributed by atoms with E-state index >= 15 is 0 Å². The Kier molecular flexibility index (Phi) is 6.58. The van der Waals surface area contributed by atoms with Gasteiger partial charge >= 0.3 is 0 Å². The SMILES string of the molecule is Cn1c2ccccc2c2c1sc1c3ccccc3n(-c3ccccc3)c12.N#Cc1ccc(S(=O)(=O)c2ccccc2)cc1. The van der Waals surface area contributed by atoms with E-state index in [0.29, 0.717) is 5.56 Å². The molecule has 5 aromatic carbocycles. The summed E-state index contributed by atoms with van der Waals surface area (Å²) in [7, 11) is -1.30. The third kappa shape index (κ3) is 4.40. The van der Waals surface area contributed by atoms with Gasteiger partial charge in [0.1, 0.15) is 4.83 Å². The molecule has 7 heteroatoms. The van der Waals surface area contributed by atoms with Crippen LogP contribution in [0.2, 0.25) is 0 Å². The van der Waals surface area contributed by atoms with Crippen molar-refractivity contribution < 1.29 is 8.42 Å². The maximum Gasteiger partial charge on any atom is 0.206 e. The molecule has 208 valence electrons. The average Bonchev–Trinajstić information content (AvgIpc) is 3.69. The number of thiophene rings is 1. The van der Waals surface area contributed by atoms with Crippen molar-refractivity contribution in [2.45, 2.75) is 9.79 Å². The number of fused-ring (bicyclic) bond motifs is 7. The molecule has 8 rings (SSSR count). The number of nitriles is 1. The topological polar surface area (TPSA) is 67.8 Å². The van der Waals surface area contributed by atoms with Crippen molar-refractivity contribution in [3.05, 3.63) is 139 Å². The van der Waals surface area contributed by atoms with E-state index in [9.17, 15) is 8.42 Å². The summed E-state index contributed by atoms with van der Waals surface area (Å²) >= 11 is 1.90. The van der Waals surface area contributed by atoms with E-state index in [2.05, 4.69) is 95.0 Å². The Bertz CT molecular complexity index is 2410. The molecule has 3 heterocycles. The normalized spacial score (nSPS) is 11.5. The number of benzene rings is 5. The van der Waals surface area contributed by atoms with Gasteiger partial charge in [-0.3, -0.25) is 0 Å². The summed E-state index contributed by atoms with van der Waals surface area (Å²) in [6.45, 7) is 0. The van der Waals surface area contributed by atoms with Crippen LogP contribution in [0.3, 0.4) is 0 Å². The van der Waals surface area contributed by atoms with Crippen LogP contribution in [0.4, 0.5) is 0 Å². The molecule has 0 aliphatic rings. The largest absolute Gasteiger partial charge is 0.335 e. The number of para-hydroxylation sites is 3. The van der Waals surface area contributed by atoms with Crippen molar-refractivity contribution in [1.82, 2.24) is 9.13 Å². The highest BCUT2D eigenvalue weighted by molar-refractivity contribution is 7.91. The Morgan fingerprint density at radius 1 is 0.651 bits per heavy atom. The van der Waals surface area contributed by atoms with Crippen molar-refractivity contribution in [2.75, 3.05) is 0 Å². The molecule has 3 aromatic heterocycles. The molecular weight excluding hydrogens is 571 g/mol. The molecule has 0 bridgehead atoms. The number of aromatic nitrogens is 2. The molecule has 0 saturated carbocycles. The number of sulfone groups is 1. The van der Waals surface area contributed by atoms with Crippen LogP contribution in [-0.4, -0.2) is 17.6 Å². The van der Waals surface area contributed by atoms with Crippen LogP contribution in [0.15, 0.2) is 143 Å². The summed E-state index contributed by atoms with van der Waals surface area (Å²) in [5.41, 5.74) is 5.55. The number of nitrogens with zero attached hydrogens (tertiary/aromatic N) is 3. The van der Waals surface area contributed by atoms with E-state index < -0.39 is 9.84 Å². The van der Waals surface area contributed by atoms with Gasteiger partial charge < -0.3 is 9.13 Å². The summed E-state index contributed by atoms with van der Waals surface area (Å²) in [4.78, 5) is 1.79. The quantitative estimate of drug-likeness (QED) is 0.205. The molecule has 0 saturated heterocycles. The highest BCUT2D eigenvalue weighted by atomic mass is 32.2. The van der Waals surface area contributed by atoms with Gasteiger partial charge in [0.15, 0.2) is 0 Å². The summed E-state index contributed by atoms with van der Waals surface area (Å²) in [5, 5.41) is 12.7. The number of hydrogen-bond donors (Lipinski definition) is 0. The Hall–Kier alpha value is -5.16. The van der Waals surface area contributed by atoms with E-state index in [0.717, 1.165) is 0 Å². The molecule has 0 fully saturated rings. The molecule has 0 spiro atoms. The zero-order chi connectivity index (χ0) is 29.6. The zero-order valence-electron chi connectivity index (χ0n) is 23.2. The molecule has 0 unspecified atom stereocenters. The Morgan fingerprint density at radius 3 is 1.88 bits per heavy atom. The molecule has 0 amide bonds. The minimum Gasteiger partial charge on any atom is -0.335 e. The van der Waals surface area contributed by atoms with Gasteiger partial charge in [-0.1, -0.05) is 72.8 Å². The lowest BCUT2D eigenvalue weighted by atomic mass is 10.2.